The minimum atomic E-state index is -4.47. The first-order chi connectivity index (χ1) is 10.9. The molecule has 0 unspecified atom stereocenters. The minimum Gasteiger partial charge on any atom is -0.365 e. The molecule has 23 heavy (non-hydrogen) atoms. The van der Waals surface area contributed by atoms with E-state index in [2.05, 4.69) is 10.2 Å². The number of nitrogens with one attached hydrogen (secondary N) is 1. The number of carbonyl (C=O) groups is 1. The Balaban J connectivity index is 1.79. The number of benzene rings is 1. The molecule has 0 bridgehead atoms. The first-order valence-corrected chi connectivity index (χ1v) is 7.02. The second-order valence-corrected chi connectivity index (χ2v) is 5.22. The van der Waals surface area contributed by atoms with Crippen LogP contribution in [0.5, 0.6) is 0 Å². The maximum absolute atomic E-state index is 12.8. The van der Waals surface area contributed by atoms with Gasteiger partial charge in [0.2, 0.25) is 0 Å². The molecule has 1 aromatic heterocycles. The predicted octanol–water partition coefficient (Wildman–Crippen LogP) is 2.48. The van der Waals surface area contributed by atoms with Crippen molar-refractivity contribution >= 4 is 5.91 Å². The van der Waals surface area contributed by atoms with Gasteiger partial charge in [-0.05, 0) is 17.7 Å². The highest BCUT2D eigenvalue weighted by Gasteiger charge is 2.44. The molecule has 0 saturated carbocycles. The number of alkyl halides is 3. The van der Waals surface area contributed by atoms with Crippen LogP contribution in [0.3, 0.4) is 0 Å². The third-order valence-corrected chi connectivity index (χ3v) is 3.66. The van der Waals surface area contributed by atoms with Crippen LogP contribution in [0.2, 0.25) is 0 Å². The number of carbonyl (C=O) groups excluding carboxylic acids is 1. The van der Waals surface area contributed by atoms with Gasteiger partial charge in [0, 0.05) is 23.9 Å². The summed E-state index contributed by atoms with van der Waals surface area (Å²) in [7, 11) is 0. The molecule has 3 rings (SSSR count). The van der Waals surface area contributed by atoms with Crippen LogP contribution >= 0.6 is 0 Å². The zero-order valence-corrected chi connectivity index (χ0v) is 12.0. The molecule has 1 aliphatic rings. The van der Waals surface area contributed by atoms with Crippen LogP contribution < -0.4 is 0 Å². The fourth-order valence-electron chi connectivity index (χ4n) is 2.45. The Bertz CT molecular complexity index is 686. The number of H-pyrrole nitrogens is 1. The quantitative estimate of drug-likeness (QED) is 0.923. The molecule has 2 aromatic rings. The lowest BCUT2D eigenvalue weighted by Gasteiger charge is -2.33. The van der Waals surface area contributed by atoms with E-state index in [4.69, 9.17) is 4.74 Å². The second-order valence-electron chi connectivity index (χ2n) is 5.22. The Morgan fingerprint density at radius 2 is 2.17 bits per heavy atom. The molecular formula is C15H14F3N3O2. The molecule has 122 valence electrons. The van der Waals surface area contributed by atoms with Crippen molar-refractivity contribution < 1.29 is 22.7 Å². The number of morpholine rings is 1. The monoisotopic (exact) mass is 325 g/mol. The highest BCUT2D eigenvalue weighted by atomic mass is 19.4. The molecule has 1 atom stereocenters. The first-order valence-electron chi connectivity index (χ1n) is 7.02. The number of hydrogen-bond donors (Lipinski definition) is 1. The van der Waals surface area contributed by atoms with Gasteiger partial charge in [0.15, 0.2) is 6.10 Å². The van der Waals surface area contributed by atoms with E-state index in [0.29, 0.717) is 5.56 Å². The predicted molar refractivity (Wildman–Crippen MR) is 75.7 cm³/mol. The summed E-state index contributed by atoms with van der Waals surface area (Å²) in [5.41, 5.74) is 1.91. The van der Waals surface area contributed by atoms with E-state index in [0.717, 1.165) is 11.1 Å². The van der Waals surface area contributed by atoms with E-state index in [-0.39, 0.29) is 13.2 Å². The number of ether oxygens (including phenoxy) is 1. The van der Waals surface area contributed by atoms with Crippen molar-refractivity contribution in [2.24, 2.45) is 0 Å². The fraction of sp³-hybridized carbons (Fsp3) is 0.333. The zero-order chi connectivity index (χ0) is 16.4. The Hall–Kier alpha value is -2.35. The van der Waals surface area contributed by atoms with Crippen LogP contribution in [0.15, 0.2) is 36.7 Å². The molecule has 0 aliphatic carbocycles. The number of hydrogen-bond acceptors (Lipinski definition) is 3. The third kappa shape index (κ3) is 3.37. The average Bonchev–Trinajstić information content (AvgIpc) is 3.08. The van der Waals surface area contributed by atoms with Gasteiger partial charge in [0.25, 0.3) is 5.91 Å². The summed E-state index contributed by atoms with van der Waals surface area (Å²) in [6.45, 7) is -0.475. The molecular weight excluding hydrogens is 311 g/mol. The standard InChI is InChI=1S/C15H14F3N3O2/c16-15(17,18)13-9-21(4-5-23-13)14(22)11-3-1-2-10(6-11)12-7-19-20-8-12/h1-3,6-8,13H,4-5,9H2,(H,19,20)/t13-/m0/s1. The van der Waals surface area contributed by atoms with Gasteiger partial charge < -0.3 is 9.64 Å². The van der Waals surface area contributed by atoms with Crippen LogP contribution in [0.1, 0.15) is 10.4 Å². The summed E-state index contributed by atoms with van der Waals surface area (Å²) in [5.74, 6) is -0.437. The number of aromatic amines is 1. The lowest BCUT2D eigenvalue weighted by atomic mass is 10.1. The largest absolute Gasteiger partial charge is 0.416 e. The molecule has 0 spiro atoms. The summed E-state index contributed by atoms with van der Waals surface area (Å²) >= 11 is 0. The van der Waals surface area contributed by atoms with Gasteiger partial charge in [-0.1, -0.05) is 12.1 Å². The topological polar surface area (TPSA) is 58.2 Å². The Morgan fingerprint density at radius 3 is 2.87 bits per heavy atom. The van der Waals surface area contributed by atoms with E-state index < -0.39 is 24.7 Å². The zero-order valence-electron chi connectivity index (χ0n) is 12.0. The molecule has 1 saturated heterocycles. The highest BCUT2D eigenvalue weighted by molar-refractivity contribution is 5.95. The summed E-state index contributed by atoms with van der Waals surface area (Å²) < 4.78 is 43.0. The molecule has 5 nitrogen and oxygen atoms in total. The molecule has 1 aliphatic heterocycles. The lowest BCUT2D eigenvalue weighted by Crippen LogP contribution is -2.51. The summed E-state index contributed by atoms with van der Waals surface area (Å²) in [4.78, 5) is 13.7. The van der Waals surface area contributed by atoms with Crippen molar-refractivity contribution in [3.05, 3.63) is 42.2 Å². The van der Waals surface area contributed by atoms with Crippen LogP contribution in [-0.2, 0) is 4.74 Å². The van der Waals surface area contributed by atoms with Crippen LogP contribution in [0, 0.1) is 0 Å². The van der Waals surface area contributed by atoms with E-state index >= 15 is 0 Å². The molecule has 0 radical (unpaired) electrons. The lowest BCUT2D eigenvalue weighted by molar-refractivity contribution is -0.233. The summed E-state index contributed by atoms with van der Waals surface area (Å²) in [6, 6.07) is 6.73. The Kier molecular flexibility index (Phi) is 4.08. The van der Waals surface area contributed by atoms with Crippen molar-refractivity contribution in [1.29, 1.82) is 0 Å². The molecule has 1 amide bonds. The van der Waals surface area contributed by atoms with Crippen molar-refractivity contribution in [1.82, 2.24) is 15.1 Å². The molecule has 1 aromatic carbocycles. The smallest absolute Gasteiger partial charge is 0.365 e. The van der Waals surface area contributed by atoms with Gasteiger partial charge in [0.05, 0.1) is 19.3 Å². The maximum Gasteiger partial charge on any atom is 0.416 e. The van der Waals surface area contributed by atoms with E-state index in [1.54, 1.807) is 36.7 Å². The van der Waals surface area contributed by atoms with Gasteiger partial charge in [0.1, 0.15) is 0 Å². The Labute approximate surface area is 130 Å². The number of amides is 1. The van der Waals surface area contributed by atoms with E-state index in [9.17, 15) is 18.0 Å². The van der Waals surface area contributed by atoms with Crippen LogP contribution in [0.25, 0.3) is 11.1 Å². The summed E-state index contributed by atoms with van der Waals surface area (Å²) in [6.07, 6.45) is -3.12. The van der Waals surface area contributed by atoms with E-state index in [1.807, 2.05) is 0 Å². The fourth-order valence-corrected chi connectivity index (χ4v) is 2.45. The van der Waals surface area contributed by atoms with Crippen molar-refractivity contribution in [3.8, 4) is 11.1 Å². The molecule has 1 fully saturated rings. The Morgan fingerprint density at radius 1 is 1.35 bits per heavy atom. The number of halogens is 3. The van der Waals surface area contributed by atoms with E-state index in [1.165, 1.54) is 4.90 Å². The summed E-state index contributed by atoms with van der Waals surface area (Å²) in [5, 5.41) is 6.51. The number of nitrogens with zero attached hydrogens (tertiary/aromatic N) is 2. The van der Waals surface area contributed by atoms with Crippen molar-refractivity contribution in [2.45, 2.75) is 12.3 Å². The van der Waals surface area contributed by atoms with Crippen molar-refractivity contribution in [3.63, 3.8) is 0 Å². The van der Waals surface area contributed by atoms with Crippen LogP contribution in [0.4, 0.5) is 13.2 Å². The number of aromatic nitrogens is 2. The number of rotatable bonds is 2. The second kappa shape index (κ2) is 6.04. The van der Waals surface area contributed by atoms with Crippen LogP contribution in [-0.4, -0.2) is 53.0 Å². The molecule has 8 heteroatoms. The van der Waals surface area contributed by atoms with Gasteiger partial charge in [-0.15, -0.1) is 0 Å². The molecule has 1 N–H and O–H groups in total. The normalized spacial score (nSPS) is 18.9. The molecule has 2 heterocycles. The van der Waals surface area contributed by atoms with Gasteiger partial charge >= 0.3 is 6.18 Å². The minimum absolute atomic E-state index is 0.128. The SMILES string of the molecule is O=C(c1cccc(-c2cn[nH]c2)c1)N1CCO[C@H](C(F)(F)F)C1. The first kappa shape index (κ1) is 15.5. The third-order valence-electron chi connectivity index (χ3n) is 3.66. The maximum atomic E-state index is 12.8. The van der Waals surface area contributed by atoms with Gasteiger partial charge in [-0.2, -0.15) is 18.3 Å². The highest BCUT2D eigenvalue weighted by Crippen LogP contribution is 2.27. The van der Waals surface area contributed by atoms with Gasteiger partial charge in [-0.3, -0.25) is 9.89 Å². The average molecular weight is 325 g/mol. The van der Waals surface area contributed by atoms with Gasteiger partial charge in [-0.25, -0.2) is 0 Å². The van der Waals surface area contributed by atoms with Crippen molar-refractivity contribution in [2.75, 3.05) is 19.7 Å².